The molecule has 19 heavy (non-hydrogen) atoms. The van der Waals surface area contributed by atoms with E-state index in [1.807, 2.05) is 0 Å². The zero-order chi connectivity index (χ0) is 13.7. The quantitative estimate of drug-likeness (QED) is 0.890. The number of rotatable bonds is 4. The van der Waals surface area contributed by atoms with Crippen molar-refractivity contribution >= 4 is 0 Å². The Balaban J connectivity index is 1.91. The Bertz CT molecular complexity index is 366. The fraction of sp³-hybridized carbons (Fsp3) is 0.625. The molecular weight excluding hydrogens is 234 g/mol. The summed E-state index contributed by atoms with van der Waals surface area (Å²) >= 11 is 0. The molecule has 1 aromatic carbocycles. The molecule has 0 aliphatic carbocycles. The third-order valence-corrected chi connectivity index (χ3v) is 4.09. The summed E-state index contributed by atoms with van der Waals surface area (Å²) in [6.07, 6.45) is 1.13. The van der Waals surface area contributed by atoms with Crippen LogP contribution in [0.5, 0.6) is 0 Å². The molecule has 0 amide bonds. The van der Waals surface area contributed by atoms with Gasteiger partial charge in [0, 0.05) is 38.8 Å². The molecular formula is C16H27N3. The van der Waals surface area contributed by atoms with Crippen LogP contribution in [-0.2, 0) is 6.42 Å². The Morgan fingerprint density at radius 3 is 2.58 bits per heavy atom. The third kappa shape index (κ3) is 4.30. The smallest absolute Gasteiger partial charge is 0.0342 e. The predicted octanol–water partition coefficient (Wildman–Crippen LogP) is 1.44. The summed E-state index contributed by atoms with van der Waals surface area (Å²) in [5, 5.41) is 0. The number of hydrogen-bond donors (Lipinski definition) is 1. The highest BCUT2D eigenvalue weighted by Gasteiger charge is 2.24. The van der Waals surface area contributed by atoms with Crippen molar-refractivity contribution in [3.8, 4) is 0 Å². The predicted molar refractivity (Wildman–Crippen MR) is 81.2 cm³/mol. The molecule has 2 rings (SSSR count). The topological polar surface area (TPSA) is 32.5 Å². The maximum atomic E-state index is 5.91. The van der Waals surface area contributed by atoms with Gasteiger partial charge in [0.15, 0.2) is 0 Å². The Kier molecular flexibility index (Phi) is 5.37. The number of nitrogens with two attached hydrogens (primary N) is 1. The zero-order valence-corrected chi connectivity index (χ0v) is 12.3. The van der Waals surface area contributed by atoms with Crippen molar-refractivity contribution in [3.63, 3.8) is 0 Å². The summed E-state index contributed by atoms with van der Waals surface area (Å²) in [6, 6.07) is 11.3. The average Bonchev–Trinajstić information content (AvgIpc) is 2.55. The van der Waals surface area contributed by atoms with E-state index in [4.69, 9.17) is 5.73 Å². The van der Waals surface area contributed by atoms with Gasteiger partial charge in [0.25, 0.3) is 0 Å². The van der Waals surface area contributed by atoms with Gasteiger partial charge in [-0.05, 0) is 24.9 Å². The molecule has 1 aliphatic rings. The Morgan fingerprint density at radius 1 is 1.16 bits per heavy atom. The van der Waals surface area contributed by atoms with Crippen molar-refractivity contribution in [1.29, 1.82) is 0 Å². The summed E-state index contributed by atoms with van der Waals surface area (Å²) in [4.78, 5) is 5.01. The van der Waals surface area contributed by atoms with E-state index in [1.54, 1.807) is 0 Å². The van der Waals surface area contributed by atoms with Gasteiger partial charge in [-0.1, -0.05) is 37.3 Å². The standard InChI is InChI=1S/C16H27N3/c1-14-11-18(2)16(10-17)13-19(12-14)9-8-15-6-4-3-5-7-15/h3-7,14,16H,8-13,17H2,1-2H3. The van der Waals surface area contributed by atoms with Gasteiger partial charge in [0.05, 0.1) is 0 Å². The fourth-order valence-corrected chi connectivity index (χ4v) is 3.02. The van der Waals surface area contributed by atoms with Gasteiger partial charge in [-0.15, -0.1) is 0 Å². The summed E-state index contributed by atoms with van der Waals surface area (Å²) < 4.78 is 0. The van der Waals surface area contributed by atoms with Crippen LogP contribution in [0.2, 0.25) is 0 Å². The van der Waals surface area contributed by atoms with Gasteiger partial charge in [-0.3, -0.25) is 0 Å². The van der Waals surface area contributed by atoms with E-state index < -0.39 is 0 Å². The molecule has 0 bridgehead atoms. The minimum Gasteiger partial charge on any atom is -0.329 e. The van der Waals surface area contributed by atoms with Crippen LogP contribution in [-0.4, -0.2) is 55.6 Å². The van der Waals surface area contributed by atoms with E-state index in [2.05, 4.69) is 54.1 Å². The van der Waals surface area contributed by atoms with Gasteiger partial charge in [0.1, 0.15) is 0 Å². The van der Waals surface area contributed by atoms with Crippen LogP contribution in [0.25, 0.3) is 0 Å². The second-order valence-electron chi connectivity index (χ2n) is 5.93. The van der Waals surface area contributed by atoms with E-state index in [0.29, 0.717) is 6.04 Å². The third-order valence-electron chi connectivity index (χ3n) is 4.09. The van der Waals surface area contributed by atoms with Gasteiger partial charge < -0.3 is 15.5 Å². The first-order chi connectivity index (χ1) is 9.19. The first-order valence-corrected chi connectivity index (χ1v) is 7.35. The van der Waals surface area contributed by atoms with E-state index in [9.17, 15) is 0 Å². The molecule has 2 atom stereocenters. The number of nitrogens with zero attached hydrogens (tertiary/aromatic N) is 2. The van der Waals surface area contributed by atoms with Gasteiger partial charge in [-0.2, -0.15) is 0 Å². The number of likely N-dealkylation sites (N-methyl/N-ethyl adjacent to an activating group) is 1. The zero-order valence-electron chi connectivity index (χ0n) is 12.3. The van der Waals surface area contributed by atoms with Crippen LogP contribution in [0.15, 0.2) is 30.3 Å². The number of hydrogen-bond acceptors (Lipinski definition) is 3. The van der Waals surface area contributed by atoms with Crippen LogP contribution < -0.4 is 5.73 Å². The second kappa shape index (κ2) is 7.04. The largest absolute Gasteiger partial charge is 0.329 e. The van der Waals surface area contributed by atoms with E-state index >= 15 is 0 Å². The van der Waals surface area contributed by atoms with Crippen molar-refractivity contribution in [2.24, 2.45) is 11.7 Å². The SMILES string of the molecule is CC1CN(CCc2ccccc2)CC(CN)N(C)C1. The lowest BCUT2D eigenvalue weighted by molar-refractivity contribution is 0.213. The Hall–Kier alpha value is -0.900. The first-order valence-electron chi connectivity index (χ1n) is 7.35. The molecule has 0 spiro atoms. The molecule has 0 radical (unpaired) electrons. The summed E-state index contributed by atoms with van der Waals surface area (Å²) in [7, 11) is 2.20. The molecule has 1 aromatic rings. The van der Waals surface area contributed by atoms with Crippen LogP contribution in [0, 0.1) is 5.92 Å². The molecule has 1 aliphatic heterocycles. The van der Waals surface area contributed by atoms with E-state index in [1.165, 1.54) is 12.1 Å². The Morgan fingerprint density at radius 2 is 1.89 bits per heavy atom. The minimum atomic E-state index is 0.501. The second-order valence-corrected chi connectivity index (χ2v) is 5.93. The molecule has 1 saturated heterocycles. The molecule has 2 N–H and O–H groups in total. The highest BCUT2D eigenvalue weighted by molar-refractivity contribution is 5.14. The average molecular weight is 261 g/mol. The van der Waals surface area contributed by atoms with E-state index in [0.717, 1.165) is 38.5 Å². The van der Waals surface area contributed by atoms with Crippen LogP contribution in [0.4, 0.5) is 0 Å². The van der Waals surface area contributed by atoms with Crippen molar-refractivity contribution in [2.75, 3.05) is 39.8 Å². The lowest BCUT2D eigenvalue weighted by atomic mass is 10.1. The number of benzene rings is 1. The molecule has 2 unspecified atom stereocenters. The van der Waals surface area contributed by atoms with Gasteiger partial charge >= 0.3 is 0 Å². The van der Waals surface area contributed by atoms with Gasteiger partial charge in [-0.25, -0.2) is 0 Å². The first kappa shape index (κ1) is 14.5. The minimum absolute atomic E-state index is 0.501. The maximum Gasteiger partial charge on any atom is 0.0342 e. The highest BCUT2D eigenvalue weighted by atomic mass is 15.2. The molecule has 3 heteroatoms. The van der Waals surface area contributed by atoms with E-state index in [-0.39, 0.29) is 0 Å². The molecule has 0 aromatic heterocycles. The van der Waals surface area contributed by atoms with Crippen LogP contribution in [0.3, 0.4) is 0 Å². The molecule has 0 saturated carbocycles. The normalized spacial score (nSPS) is 26.3. The maximum absolute atomic E-state index is 5.91. The van der Waals surface area contributed by atoms with Crippen molar-refractivity contribution in [3.05, 3.63) is 35.9 Å². The highest BCUT2D eigenvalue weighted by Crippen LogP contribution is 2.13. The molecule has 106 valence electrons. The molecule has 3 nitrogen and oxygen atoms in total. The summed E-state index contributed by atoms with van der Waals surface area (Å²) in [6.45, 7) is 7.68. The lowest BCUT2D eigenvalue weighted by Crippen LogP contribution is -2.44. The van der Waals surface area contributed by atoms with Gasteiger partial charge in [0.2, 0.25) is 0 Å². The molecule has 1 fully saturated rings. The fourth-order valence-electron chi connectivity index (χ4n) is 3.02. The molecule has 1 heterocycles. The van der Waals surface area contributed by atoms with Crippen molar-refractivity contribution in [1.82, 2.24) is 9.80 Å². The van der Waals surface area contributed by atoms with Crippen molar-refractivity contribution in [2.45, 2.75) is 19.4 Å². The van der Waals surface area contributed by atoms with Crippen LogP contribution >= 0.6 is 0 Å². The lowest BCUT2D eigenvalue weighted by Gasteiger charge is -2.27. The van der Waals surface area contributed by atoms with Crippen molar-refractivity contribution < 1.29 is 0 Å². The monoisotopic (exact) mass is 261 g/mol. The Labute approximate surface area is 117 Å². The summed E-state index contributed by atoms with van der Waals surface area (Å²) in [5.41, 5.74) is 7.34. The summed E-state index contributed by atoms with van der Waals surface area (Å²) in [5.74, 6) is 0.720. The van der Waals surface area contributed by atoms with Crippen LogP contribution in [0.1, 0.15) is 12.5 Å².